The number of carbonyl (C=O) groups is 1. The predicted molar refractivity (Wildman–Crippen MR) is 137 cm³/mol. The van der Waals surface area contributed by atoms with Crippen molar-refractivity contribution >= 4 is 37.6 Å². The van der Waals surface area contributed by atoms with Crippen LogP contribution in [0.3, 0.4) is 0 Å². The average molecular weight is 493 g/mol. The Morgan fingerprint density at radius 2 is 1.63 bits per heavy atom. The molecule has 1 saturated carbocycles. The summed E-state index contributed by atoms with van der Waals surface area (Å²) in [5.41, 5.74) is 4.54. The van der Waals surface area contributed by atoms with E-state index >= 15 is 0 Å². The summed E-state index contributed by atoms with van der Waals surface area (Å²) in [6.07, 6.45) is 3.62. The summed E-state index contributed by atoms with van der Waals surface area (Å²) in [6.45, 7) is 1.72. The lowest BCUT2D eigenvalue weighted by atomic mass is 10.0. The zero-order chi connectivity index (χ0) is 24.6. The summed E-state index contributed by atoms with van der Waals surface area (Å²) in [7, 11) is -3.25. The third kappa shape index (κ3) is 4.82. The molecule has 0 unspecified atom stereocenters. The number of aromatic nitrogens is 1. The highest BCUT2D eigenvalue weighted by atomic mass is 32.2. The third-order valence-electron chi connectivity index (χ3n) is 6.84. The van der Waals surface area contributed by atoms with E-state index < -0.39 is 16.5 Å². The molecule has 1 aromatic heterocycles. The second kappa shape index (κ2) is 9.46. The molecule has 0 saturated heterocycles. The number of fused-ring (bicyclic) bond motifs is 3. The highest BCUT2D eigenvalue weighted by Gasteiger charge is 2.22. The van der Waals surface area contributed by atoms with Crippen LogP contribution in [0.1, 0.15) is 41.3 Å². The molecule has 0 aliphatic heterocycles. The van der Waals surface area contributed by atoms with Gasteiger partial charge < -0.3 is 9.88 Å². The van der Waals surface area contributed by atoms with Crippen LogP contribution in [0.5, 0.6) is 0 Å². The minimum Gasteiger partial charge on any atom is -0.348 e. The second-order valence-electron chi connectivity index (χ2n) is 9.30. The van der Waals surface area contributed by atoms with E-state index in [9.17, 15) is 17.6 Å². The quantitative estimate of drug-likeness (QED) is 0.338. The topological polar surface area (TPSA) is 68.2 Å². The summed E-state index contributed by atoms with van der Waals surface area (Å²) in [5, 5.41) is 4.92. The van der Waals surface area contributed by atoms with Crippen molar-refractivity contribution in [2.75, 3.05) is 12.4 Å². The van der Waals surface area contributed by atoms with E-state index in [1.54, 1.807) is 37.3 Å². The standard InChI is InChI=1S/C28H29FN2O3S/c1-2-35(33,34)23-9-5-20(6-10-23)18-30-28(32)22-8-12-27-25(17-22)24-16-21(15-19-3-4-19)7-11-26(24)31(27)14-13-29/h5-12,16-17,19H,2-4,13-15,18H2,1H3,(H,30,32). The second-order valence-corrected chi connectivity index (χ2v) is 11.6. The van der Waals surface area contributed by atoms with Gasteiger partial charge in [-0.15, -0.1) is 0 Å². The van der Waals surface area contributed by atoms with Gasteiger partial charge in [0, 0.05) is 33.9 Å². The van der Waals surface area contributed by atoms with Gasteiger partial charge in [-0.2, -0.15) is 0 Å². The molecular formula is C28H29FN2O3S. The van der Waals surface area contributed by atoms with E-state index in [-0.39, 0.29) is 23.1 Å². The van der Waals surface area contributed by atoms with Gasteiger partial charge in [0.2, 0.25) is 0 Å². The van der Waals surface area contributed by atoms with Crippen LogP contribution in [-0.4, -0.2) is 31.3 Å². The van der Waals surface area contributed by atoms with Crippen LogP contribution >= 0.6 is 0 Å². The number of hydrogen-bond donors (Lipinski definition) is 1. The average Bonchev–Trinajstić information content (AvgIpc) is 3.64. The van der Waals surface area contributed by atoms with Crippen molar-refractivity contribution in [2.45, 2.75) is 44.2 Å². The summed E-state index contributed by atoms with van der Waals surface area (Å²) in [6, 6.07) is 18.5. The molecule has 1 aliphatic rings. The number of hydrogen-bond acceptors (Lipinski definition) is 3. The van der Waals surface area contributed by atoms with Gasteiger partial charge in [0.1, 0.15) is 6.67 Å². The number of alkyl halides is 1. The molecule has 3 aromatic carbocycles. The van der Waals surface area contributed by atoms with Gasteiger partial charge >= 0.3 is 0 Å². The zero-order valence-electron chi connectivity index (χ0n) is 19.8. The number of rotatable bonds is 9. The third-order valence-corrected chi connectivity index (χ3v) is 8.59. The molecule has 4 aromatic rings. The SMILES string of the molecule is CCS(=O)(=O)c1ccc(CNC(=O)c2ccc3c(c2)c2cc(CC4CC4)ccc2n3CCF)cc1. The van der Waals surface area contributed by atoms with Crippen LogP contribution in [0.25, 0.3) is 21.8 Å². The molecule has 0 bridgehead atoms. The zero-order valence-corrected chi connectivity index (χ0v) is 20.6. The summed E-state index contributed by atoms with van der Waals surface area (Å²) >= 11 is 0. The minimum atomic E-state index is -3.25. The van der Waals surface area contributed by atoms with Crippen LogP contribution in [0.2, 0.25) is 0 Å². The van der Waals surface area contributed by atoms with Crippen LogP contribution < -0.4 is 5.32 Å². The number of carbonyl (C=O) groups excluding carboxylic acids is 1. The van der Waals surface area contributed by atoms with Crippen LogP contribution in [0.15, 0.2) is 65.6 Å². The van der Waals surface area contributed by atoms with Crippen molar-refractivity contribution in [1.82, 2.24) is 9.88 Å². The fourth-order valence-electron chi connectivity index (χ4n) is 4.67. The molecule has 0 atom stereocenters. The number of halogens is 1. The molecule has 1 amide bonds. The van der Waals surface area contributed by atoms with E-state index in [4.69, 9.17) is 0 Å². The molecule has 0 spiro atoms. The Balaban J connectivity index is 1.40. The normalized spacial score (nSPS) is 14.0. The lowest BCUT2D eigenvalue weighted by Gasteiger charge is -2.08. The molecule has 1 heterocycles. The van der Waals surface area contributed by atoms with Crippen molar-refractivity contribution in [3.05, 3.63) is 77.4 Å². The molecule has 0 radical (unpaired) electrons. The summed E-state index contributed by atoms with van der Waals surface area (Å²) < 4.78 is 39.3. The minimum absolute atomic E-state index is 0.0510. The number of aryl methyl sites for hydroxylation is 1. The van der Waals surface area contributed by atoms with Crippen molar-refractivity contribution in [1.29, 1.82) is 0 Å². The maximum absolute atomic E-state index is 13.3. The van der Waals surface area contributed by atoms with E-state index in [2.05, 4.69) is 23.5 Å². The van der Waals surface area contributed by atoms with E-state index in [1.165, 1.54) is 18.4 Å². The lowest BCUT2D eigenvalue weighted by Crippen LogP contribution is -2.22. The van der Waals surface area contributed by atoms with Gasteiger partial charge in [0.15, 0.2) is 9.84 Å². The van der Waals surface area contributed by atoms with Gasteiger partial charge in [0.05, 0.1) is 17.2 Å². The van der Waals surface area contributed by atoms with Crippen molar-refractivity contribution in [3.8, 4) is 0 Å². The van der Waals surface area contributed by atoms with Crippen molar-refractivity contribution in [2.24, 2.45) is 5.92 Å². The molecule has 1 fully saturated rings. The molecule has 5 rings (SSSR count). The Morgan fingerprint density at radius 1 is 0.971 bits per heavy atom. The predicted octanol–water partition coefficient (Wildman–Crippen LogP) is 5.44. The highest BCUT2D eigenvalue weighted by molar-refractivity contribution is 7.91. The van der Waals surface area contributed by atoms with E-state index in [0.29, 0.717) is 12.1 Å². The Kier molecular flexibility index (Phi) is 6.36. The molecular weight excluding hydrogens is 463 g/mol. The van der Waals surface area contributed by atoms with Crippen LogP contribution in [-0.2, 0) is 29.3 Å². The first-order valence-electron chi connectivity index (χ1n) is 12.1. The maximum atomic E-state index is 13.3. The maximum Gasteiger partial charge on any atom is 0.251 e. The Hall–Kier alpha value is -3.19. The first-order chi connectivity index (χ1) is 16.9. The van der Waals surface area contributed by atoms with Gasteiger partial charge in [-0.1, -0.05) is 25.1 Å². The summed E-state index contributed by atoms with van der Waals surface area (Å²) in [4.78, 5) is 13.2. The molecule has 35 heavy (non-hydrogen) atoms. The van der Waals surface area contributed by atoms with E-state index in [1.807, 2.05) is 16.7 Å². The Morgan fingerprint density at radius 3 is 2.29 bits per heavy atom. The molecule has 1 aliphatic carbocycles. The Labute approximate surface area is 204 Å². The van der Waals surface area contributed by atoms with Gasteiger partial charge in [-0.25, -0.2) is 12.8 Å². The Bertz CT molecular complexity index is 1500. The lowest BCUT2D eigenvalue weighted by molar-refractivity contribution is 0.0951. The van der Waals surface area contributed by atoms with Crippen molar-refractivity contribution < 1.29 is 17.6 Å². The molecule has 1 N–H and O–H groups in total. The fourth-order valence-corrected chi connectivity index (χ4v) is 5.55. The largest absolute Gasteiger partial charge is 0.348 e. The number of nitrogens with zero attached hydrogens (tertiary/aromatic N) is 1. The monoisotopic (exact) mass is 492 g/mol. The first-order valence-corrected chi connectivity index (χ1v) is 13.8. The molecule has 182 valence electrons. The van der Waals surface area contributed by atoms with E-state index in [0.717, 1.165) is 39.7 Å². The molecule has 5 nitrogen and oxygen atoms in total. The van der Waals surface area contributed by atoms with Crippen molar-refractivity contribution in [3.63, 3.8) is 0 Å². The number of amides is 1. The summed E-state index contributed by atoms with van der Waals surface area (Å²) in [5.74, 6) is 0.608. The number of benzene rings is 3. The van der Waals surface area contributed by atoms with Crippen LogP contribution in [0, 0.1) is 5.92 Å². The smallest absolute Gasteiger partial charge is 0.251 e. The van der Waals surface area contributed by atoms with Gasteiger partial charge in [-0.05, 0) is 78.8 Å². The van der Waals surface area contributed by atoms with Gasteiger partial charge in [-0.3, -0.25) is 4.79 Å². The van der Waals surface area contributed by atoms with Gasteiger partial charge in [0.25, 0.3) is 5.91 Å². The number of nitrogens with one attached hydrogen (secondary N) is 1. The fraction of sp³-hybridized carbons (Fsp3) is 0.321. The van der Waals surface area contributed by atoms with Crippen LogP contribution in [0.4, 0.5) is 4.39 Å². The number of sulfone groups is 1. The first kappa shape index (κ1) is 23.5. The molecule has 7 heteroatoms. The highest BCUT2D eigenvalue weighted by Crippen LogP contribution is 2.35.